The van der Waals surface area contributed by atoms with Crippen molar-refractivity contribution in [3.63, 3.8) is 0 Å². The van der Waals surface area contributed by atoms with E-state index in [9.17, 15) is 4.79 Å². The lowest BCUT2D eigenvalue weighted by Gasteiger charge is -2.03. The van der Waals surface area contributed by atoms with Crippen LogP contribution >= 0.6 is 15.9 Å². The minimum Gasteiger partial charge on any atom is -0.463 e. The van der Waals surface area contributed by atoms with Crippen molar-refractivity contribution < 1.29 is 9.53 Å². The van der Waals surface area contributed by atoms with Gasteiger partial charge in [-0.2, -0.15) is 0 Å². The van der Waals surface area contributed by atoms with Crippen LogP contribution in [-0.2, 0) is 9.53 Å². The van der Waals surface area contributed by atoms with Crippen LogP contribution in [0.15, 0.2) is 11.6 Å². The van der Waals surface area contributed by atoms with Crippen LogP contribution in [0, 0.1) is 0 Å². The SMILES string of the molecule is CCCCCCCCC=C(CBr)C(=O)OCC. The van der Waals surface area contributed by atoms with Crippen molar-refractivity contribution in [2.45, 2.75) is 58.8 Å². The van der Waals surface area contributed by atoms with E-state index >= 15 is 0 Å². The molecule has 0 fully saturated rings. The molecule has 3 heteroatoms. The normalized spacial score (nSPS) is 11.6. The average Bonchev–Trinajstić information content (AvgIpc) is 2.33. The summed E-state index contributed by atoms with van der Waals surface area (Å²) in [4.78, 5) is 11.5. The summed E-state index contributed by atoms with van der Waals surface area (Å²) in [6.07, 6.45) is 10.7. The van der Waals surface area contributed by atoms with E-state index in [2.05, 4.69) is 22.9 Å². The fourth-order valence-corrected chi connectivity index (χ4v) is 2.08. The lowest BCUT2D eigenvalue weighted by molar-refractivity contribution is -0.138. The smallest absolute Gasteiger partial charge is 0.334 e. The molecule has 0 aliphatic rings. The van der Waals surface area contributed by atoms with Gasteiger partial charge in [-0.15, -0.1) is 0 Å². The summed E-state index contributed by atoms with van der Waals surface area (Å²) in [5, 5.41) is 0.585. The number of esters is 1. The summed E-state index contributed by atoms with van der Waals surface area (Å²) in [5.74, 6) is -0.185. The zero-order valence-corrected chi connectivity index (χ0v) is 12.7. The lowest BCUT2D eigenvalue weighted by atomic mass is 10.1. The van der Waals surface area contributed by atoms with Crippen molar-refractivity contribution in [3.8, 4) is 0 Å². The number of rotatable bonds is 10. The molecule has 100 valence electrons. The minimum atomic E-state index is -0.185. The Hall–Kier alpha value is -0.310. The van der Waals surface area contributed by atoms with Gasteiger partial charge in [0, 0.05) is 10.9 Å². The van der Waals surface area contributed by atoms with E-state index in [1.54, 1.807) is 0 Å². The monoisotopic (exact) mass is 304 g/mol. The highest BCUT2D eigenvalue weighted by Crippen LogP contribution is 2.10. The molecule has 2 nitrogen and oxygen atoms in total. The zero-order valence-electron chi connectivity index (χ0n) is 11.1. The maximum absolute atomic E-state index is 11.5. The third kappa shape index (κ3) is 9.40. The average molecular weight is 305 g/mol. The number of hydrogen-bond donors (Lipinski definition) is 0. The fourth-order valence-electron chi connectivity index (χ4n) is 1.62. The zero-order chi connectivity index (χ0) is 12.9. The van der Waals surface area contributed by atoms with E-state index in [0.29, 0.717) is 11.9 Å². The van der Waals surface area contributed by atoms with Gasteiger partial charge in [-0.05, 0) is 19.8 Å². The molecule has 0 spiro atoms. The van der Waals surface area contributed by atoms with Crippen molar-refractivity contribution in [3.05, 3.63) is 11.6 Å². The maximum atomic E-state index is 11.5. The van der Waals surface area contributed by atoms with E-state index in [0.717, 1.165) is 12.0 Å². The minimum absolute atomic E-state index is 0.185. The van der Waals surface area contributed by atoms with Gasteiger partial charge in [-0.25, -0.2) is 4.79 Å². The Morgan fingerprint density at radius 3 is 2.35 bits per heavy atom. The molecule has 0 unspecified atom stereocenters. The second-order valence-electron chi connectivity index (χ2n) is 4.14. The van der Waals surface area contributed by atoms with Crippen LogP contribution in [0.3, 0.4) is 0 Å². The van der Waals surface area contributed by atoms with Gasteiger partial charge in [0.2, 0.25) is 0 Å². The molecule has 0 aliphatic carbocycles. The number of unbranched alkanes of at least 4 members (excludes halogenated alkanes) is 6. The first-order valence-corrected chi connectivity index (χ1v) is 7.80. The summed E-state index contributed by atoms with van der Waals surface area (Å²) >= 11 is 3.32. The summed E-state index contributed by atoms with van der Waals surface area (Å²) in [6, 6.07) is 0. The van der Waals surface area contributed by atoms with E-state index in [1.165, 1.54) is 38.5 Å². The predicted molar refractivity (Wildman–Crippen MR) is 76.5 cm³/mol. The highest BCUT2D eigenvalue weighted by molar-refractivity contribution is 9.09. The third-order valence-corrected chi connectivity index (χ3v) is 3.23. The van der Waals surface area contributed by atoms with Crippen molar-refractivity contribution in [1.82, 2.24) is 0 Å². The summed E-state index contributed by atoms with van der Waals surface area (Å²) < 4.78 is 4.97. The molecule has 0 saturated heterocycles. The van der Waals surface area contributed by atoms with Gasteiger partial charge in [0.05, 0.1) is 6.61 Å². The Bertz CT molecular complexity index is 224. The van der Waals surface area contributed by atoms with Gasteiger partial charge in [0.1, 0.15) is 0 Å². The molecule has 0 N–H and O–H groups in total. The van der Waals surface area contributed by atoms with Crippen LogP contribution in [0.5, 0.6) is 0 Å². The lowest BCUT2D eigenvalue weighted by Crippen LogP contribution is -2.08. The molecular formula is C14H25BrO2. The van der Waals surface area contributed by atoms with Gasteiger partial charge in [-0.1, -0.05) is 61.0 Å². The molecule has 0 heterocycles. The van der Waals surface area contributed by atoms with Crippen LogP contribution in [0.1, 0.15) is 58.8 Å². The molecule has 17 heavy (non-hydrogen) atoms. The first-order valence-electron chi connectivity index (χ1n) is 6.68. The Morgan fingerprint density at radius 1 is 1.12 bits per heavy atom. The number of alkyl halides is 1. The molecule has 0 aromatic heterocycles. The van der Waals surface area contributed by atoms with E-state index < -0.39 is 0 Å². The van der Waals surface area contributed by atoms with Crippen LogP contribution in [0.2, 0.25) is 0 Å². The Kier molecular flexibility index (Phi) is 11.9. The molecule has 0 aromatic carbocycles. The van der Waals surface area contributed by atoms with E-state index in [-0.39, 0.29) is 5.97 Å². The quantitative estimate of drug-likeness (QED) is 0.255. The Labute approximate surface area is 114 Å². The standard InChI is InChI=1S/C14H25BrO2/c1-3-5-6-7-8-9-10-11-13(12-15)14(16)17-4-2/h11H,3-10,12H2,1-2H3. The van der Waals surface area contributed by atoms with Crippen molar-refractivity contribution >= 4 is 21.9 Å². The van der Waals surface area contributed by atoms with Gasteiger partial charge in [0.15, 0.2) is 0 Å². The third-order valence-electron chi connectivity index (χ3n) is 2.63. The summed E-state index contributed by atoms with van der Waals surface area (Å²) in [6.45, 7) is 4.50. The number of allylic oxidation sites excluding steroid dienone is 1. The van der Waals surface area contributed by atoms with Crippen LogP contribution in [-0.4, -0.2) is 17.9 Å². The van der Waals surface area contributed by atoms with Gasteiger partial charge in [-0.3, -0.25) is 0 Å². The molecule has 0 aliphatic heterocycles. The number of carbonyl (C=O) groups is 1. The number of hydrogen-bond acceptors (Lipinski definition) is 2. The highest BCUT2D eigenvalue weighted by atomic mass is 79.9. The number of halogens is 1. The molecule has 0 aromatic rings. The van der Waals surface area contributed by atoms with E-state index in [4.69, 9.17) is 4.74 Å². The first-order chi connectivity index (χ1) is 8.26. The van der Waals surface area contributed by atoms with Crippen LogP contribution in [0.4, 0.5) is 0 Å². The maximum Gasteiger partial charge on any atom is 0.334 e. The molecule has 0 saturated carbocycles. The topological polar surface area (TPSA) is 26.3 Å². The van der Waals surface area contributed by atoms with Crippen LogP contribution in [0.25, 0.3) is 0 Å². The molecule has 0 rings (SSSR count). The molecule has 0 bridgehead atoms. The highest BCUT2D eigenvalue weighted by Gasteiger charge is 2.07. The largest absolute Gasteiger partial charge is 0.463 e. The Balaban J connectivity index is 3.68. The number of carbonyl (C=O) groups excluding carboxylic acids is 1. The van der Waals surface area contributed by atoms with Gasteiger partial charge >= 0.3 is 5.97 Å². The summed E-state index contributed by atoms with van der Waals surface area (Å²) in [7, 11) is 0. The second-order valence-corrected chi connectivity index (χ2v) is 4.70. The summed E-state index contributed by atoms with van der Waals surface area (Å²) in [5.41, 5.74) is 0.750. The van der Waals surface area contributed by atoms with Crippen molar-refractivity contribution in [2.24, 2.45) is 0 Å². The number of ether oxygens (including phenoxy) is 1. The Morgan fingerprint density at radius 2 is 1.76 bits per heavy atom. The second kappa shape index (κ2) is 12.2. The molecule has 0 radical (unpaired) electrons. The van der Waals surface area contributed by atoms with Gasteiger partial charge < -0.3 is 4.74 Å². The molecule has 0 amide bonds. The van der Waals surface area contributed by atoms with Crippen LogP contribution < -0.4 is 0 Å². The van der Waals surface area contributed by atoms with Crippen molar-refractivity contribution in [1.29, 1.82) is 0 Å². The first kappa shape index (κ1) is 16.7. The van der Waals surface area contributed by atoms with E-state index in [1.807, 2.05) is 13.0 Å². The fraction of sp³-hybridized carbons (Fsp3) is 0.786. The molecular weight excluding hydrogens is 280 g/mol. The van der Waals surface area contributed by atoms with Crippen molar-refractivity contribution in [2.75, 3.05) is 11.9 Å². The predicted octanol–water partition coefficient (Wildman–Crippen LogP) is 4.62. The molecule has 0 atom stereocenters. The van der Waals surface area contributed by atoms with Gasteiger partial charge in [0.25, 0.3) is 0 Å².